The Morgan fingerprint density at radius 3 is 2.73 bits per heavy atom. The van der Waals surface area contributed by atoms with E-state index >= 15 is 0 Å². The molecular weight excluding hydrogens is 258 g/mol. The zero-order valence-electron chi connectivity index (χ0n) is 8.76. The standard InChI is InChI=1S/C10H18BrN3O/c1-2-9(15)14-7-5-3-4-6-8(11)10(12)13/h2,8H,1,3-7H2,(H3,12,13)(H,14,15). The van der Waals surface area contributed by atoms with E-state index in [4.69, 9.17) is 11.1 Å². The van der Waals surface area contributed by atoms with Gasteiger partial charge in [-0.05, 0) is 18.9 Å². The number of hydrogen-bond donors (Lipinski definition) is 3. The van der Waals surface area contributed by atoms with E-state index in [2.05, 4.69) is 27.8 Å². The van der Waals surface area contributed by atoms with E-state index in [9.17, 15) is 4.79 Å². The summed E-state index contributed by atoms with van der Waals surface area (Å²) in [6.45, 7) is 4.04. The van der Waals surface area contributed by atoms with Crippen molar-refractivity contribution in [2.45, 2.75) is 30.5 Å². The summed E-state index contributed by atoms with van der Waals surface area (Å²) >= 11 is 3.31. The van der Waals surface area contributed by atoms with Crippen LogP contribution in [0.3, 0.4) is 0 Å². The lowest BCUT2D eigenvalue weighted by atomic mass is 10.1. The minimum atomic E-state index is -0.128. The molecule has 0 aromatic heterocycles. The maximum atomic E-state index is 10.8. The van der Waals surface area contributed by atoms with Gasteiger partial charge in [-0.3, -0.25) is 10.2 Å². The number of alkyl halides is 1. The number of hydrogen-bond acceptors (Lipinski definition) is 2. The first-order valence-electron chi connectivity index (χ1n) is 4.96. The summed E-state index contributed by atoms with van der Waals surface area (Å²) in [4.78, 5) is 10.7. The van der Waals surface area contributed by atoms with Crippen LogP contribution in [0.25, 0.3) is 0 Å². The number of nitrogens with one attached hydrogen (secondary N) is 2. The highest BCUT2D eigenvalue weighted by Gasteiger charge is 2.05. The average molecular weight is 276 g/mol. The number of rotatable bonds is 8. The van der Waals surface area contributed by atoms with Gasteiger partial charge in [0.15, 0.2) is 0 Å². The van der Waals surface area contributed by atoms with Crippen molar-refractivity contribution in [1.29, 1.82) is 5.41 Å². The van der Waals surface area contributed by atoms with E-state index in [0.717, 1.165) is 25.7 Å². The zero-order chi connectivity index (χ0) is 11.7. The van der Waals surface area contributed by atoms with E-state index < -0.39 is 0 Å². The van der Waals surface area contributed by atoms with Crippen molar-refractivity contribution in [3.8, 4) is 0 Å². The van der Waals surface area contributed by atoms with Crippen LogP contribution in [0.5, 0.6) is 0 Å². The van der Waals surface area contributed by atoms with Gasteiger partial charge >= 0.3 is 0 Å². The quantitative estimate of drug-likeness (QED) is 0.207. The molecular formula is C10H18BrN3O. The van der Waals surface area contributed by atoms with Crippen LogP contribution < -0.4 is 11.1 Å². The van der Waals surface area contributed by atoms with E-state index in [0.29, 0.717) is 6.54 Å². The monoisotopic (exact) mass is 275 g/mol. The molecule has 4 N–H and O–H groups in total. The number of carbonyl (C=O) groups is 1. The second kappa shape index (κ2) is 8.47. The van der Waals surface area contributed by atoms with Crippen LogP contribution in [-0.4, -0.2) is 23.1 Å². The second-order valence-electron chi connectivity index (χ2n) is 3.27. The normalized spacial score (nSPS) is 11.8. The van der Waals surface area contributed by atoms with Crippen molar-refractivity contribution in [1.82, 2.24) is 5.32 Å². The van der Waals surface area contributed by atoms with Crippen LogP contribution in [-0.2, 0) is 4.79 Å². The summed E-state index contributed by atoms with van der Waals surface area (Å²) in [5.41, 5.74) is 5.30. The summed E-state index contributed by atoms with van der Waals surface area (Å²) in [6, 6.07) is 0. The highest BCUT2D eigenvalue weighted by atomic mass is 79.9. The number of unbranched alkanes of at least 4 members (excludes halogenated alkanes) is 2. The third-order valence-electron chi connectivity index (χ3n) is 1.96. The molecule has 1 unspecified atom stereocenters. The maximum absolute atomic E-state index is 10.8. The van der Waals surface area contributed by atoms with Gasteiger partial charge in [0.05, 0.1) is 4.83 Å². The molecule has 0 spiro atoms. The topological polar surface area (TPSA) is 79.0 Å². The van der Waals surface area contributed by atoms with Crippen molar-refractivity contribution in [3.05, 3.63) is 12.7 Å². The van der Waals surface area contributed by atoms with Gasteiger partial charge in [0.2, 0.25) is 5.91 Å². The van der Waals surface area contributed by atoms with Crippen LogP contribution in [0.15, 0.2) is 12.7 Å². The Morgan fingerprint density at radius 2 is 2.20 bits per heavy atom. The van der Waals surface area contributed by atoms with E-state index in [1.807, 2.05) is 0 Å². The van der Waals surface area contributed by atoms with Crippen molar-refractivity contribution in [3.63, 3.8) is 0 Å². The summed E-state index contributed by atoms with van der Waals surface area (Å²) < 4.78 is 0. The van der Waals surface area contributed by atoms with Gasteiger partial charge < -0.3 is 11.1 Å². The Kier molecular flexibility index (Phi) is 7.99. The van der Waals surface area contributed by atoms with Gasteiger partial charge in [0, 0.05) is 6.54 Å². The lowest BCUT2D eigenvalue weighted by Gasteiger charge is -2.07. The fraction of sp³-hybridized carbons (Fsp3) is 0.600. The van der Waals surface area contributed by atoms with Gasteiger partial charge in [0.1, 0.15) is 5.84 Å². The smallest absolute Gasteiger partial charge is 0.243 e. The van der Waals surface area contributed by atoms with Crippen LogP contribution in [0.4, 0.5) is 0 Å². The highest BCUT2D eigenvalue weighted by Crippen LogP contribution is 2.10. The summed E-state index contributed by atoms with van der Waals surface area (Å²) in [5.74, 6) is 0.0482. The lowest BCUT2D eigenvalue weighted by Crippen LogP contribution is -2.23. The van der Waals surface area contributed by atoms with Crippen molar-refractivity contribution < 1.29 is 4.79 Å². The molecule has 0 aliphatic rings. The molecule has 0 rings (SSSR count). The Morgan fingerprint density at radius 1 is 1.53 bits per heavy atom. The average Bonchev–Trinajstić information content (AvgIpc) is 2.22. The van der Waals surface area contributed by atoms with Crippen molar-refractivity contribution in [2.24, 2.45) is 5.73 Å². The van der Waals surface area contributed by atoms with E-state index in [1.165, 1.54) is 6.08 Å². The molecule has 4 nitrogen and oxygen atoms in total. The number of halogens is 1. The first-order chi connectivity index (χ1) is 7.07. The minimum absolute atomic E-state index is 0.0136. The Bertz CT molecular complexity index is 231. The molecule has 0 aromatic rings. The molecule has 0 aliphatic heterocycles. The summed E-state index contributed by atoms with van der Waals surface area (Å²) in [5, 5.41) is 9.87. The number of nitrogens with two attached hydrogens (primary N) is 1. The van der Waals surface area contributed by atoms with Crippen LogP contribution in [0.2, 0.25) is 0 Å². The summed E-state index contributed by atoms with van der Waals surface area (Å²) in [7, 11) is 0. The third-order valence-corrected chi connectivity index (χ3v) is 2.91. The number of amides is 1. The molecule has 0 saturated heterocycles. The van der Waals surface area contributed by atoms with Crippen LogP contribution >= 0.6 is 15.9 Å². The Balaban J connectivity index is 3.29. The largest absolute Gasteiger partial charge is 0.387 e. The Hall–Kier alpha value is -0.840. The van der Waals surface area contributed by atoms with Crippen LogP contribution in [0.1, 0.15) is 25.7 Å². The highest BCUT2D eigenvalue weighted by molar-refractivity contribution is 9.10. The summed E-state index contributed by atoms with van der Waals surface area (Å²) in [6.07, 6.45) is 5.10. The minimum Gasteiger partial charge on any atom is -0.387 e. The van der Waals surface area contributed by atoms with Crippen LogP contribution in [0, 0.1) is 5.41 Å². The molecule has 0 aromatic carbocycles. The molecule has 1 amide bonds. The van der Waals surface area contributed by atoms with E-state index in [1.54, 1.807) is 0 Å². The van der Waals surface area contributed by atoms with Gasteiger partial charge in [-0.2, -0.15) is 0 Å². The molecule has 1 atom stereocenters. The van der Waals surface area contributed by atoms with Gasteiger partial charge in [-0.1, -0.05) is 35.4 Å². The molecule has 15 heavy (non-hydrogen) atoms. The molecule has 0 fully saturated rings. The lowest BCUT2D eigenvalue weighted by molar-refractivity contribution is -0.116. The van der Waals surface area contributed by atoms with Gasteiger partial charge in [0.25, 0.3) is 0 Å². The third kappa shape index (κ3) is 8.17. The van der Waals surface area contributed by atoms with Crippen molar-refractivity contribution in [2.75, 3.05) is 6.54 Å². The Labute approximate surface area is 98.9 Å². The number of carbonyl (C=O) groups excluding carboxylic acids is 1. The van der Waals surface area contributed by atoms with E-state index in [-0.39, 0.29) is 16.6 Å². The molecule has 86 valence electrons. The molecule has 0 heterocycles. The molecule has 5 heteroatoms. The molecule has 0 saturated carbocycles. The fourth-order valence-electron chi connectivity index (χ4n) is 1.06. The first kappa shape index (κ1) is 14.2. The SMILES string of the molecule is C=CC(=O)NCCCCCC(Br)C(=N)N. The van der Waals surface area contributed by atoms with Gasteiger partial charge in [-0.25, -0.2) is 0 Å². The molecule has 0 radical (unpaired) electrons. The van der Waals surface area contributed by atoms with Gasteiger partial charge in [-0.15, -0.1) is 0 Å². The first-order valence-corrected chi connectivity index (χ1v) is 5.87. The predicted octanol–water partition coefficient (Wildman–Crippen LogP) is 1.55. The zero-order valence-corrected chi connectivity index (χ0v) is 10.3. The second-order valence-corrected chi connectivity index (χ2v) is 4.37. The molecule has 0 aliphatic carbocycles. The predicted molar refractivity (Wildman–Crippen MR) is 66.3 cm³/mol. The van der Waals surface area contributed by atoms with Crippen molar-refractivity contribution >= 4 is 27.7 Å². The fourth-order valence-corrected chi connectivity index (χ4v) is 1.39. The molecule has 0 bridgehead atoms. The number of amidine groups is 1. The maximum Gasteiger partial charge on any atom is 0.243 e.